The van der Waals surface area contributed by atoms with E-state index in [1.54, 1.807) is 24.0 Å². The number of hydrazone groups is 1. The highest BCUT2D eigenvalue weighted by molar-refractivity contribution is 6.71. The van der Waals surface area contributed by atoms with Crippen molar-refractivity contribution < 1.29 is 14.4 Å². The SMILES string of the molecule is CC1=NN(c2ccccc2)C(=O)/C1=N\OCC(=O)N1CCCc2ccccc21. The van der Waals surface area contributed by atoms with Gasteiger partial charge in [-0.15, -0.1) is 0 Å². The molecule has 2 heterocycles. The molecule has 0 radical (unpaired) electrons. The maximum Gasteiger partial charge on any atom is 0.302 e. The highest BCUT2D eigenvalue weighted by Gasteiger charge is 2.31. The van der Waals surface area contributed by atoms with Crippen LogP contribution in [0.25, 0.3) is 0 Å². The number of carbonyl (C=O) groups is 2. The largest absolute Gasteiger partial charge is 0.385 e. The Kier molecular flexibility index (Phi) is 4.89. The van der Waals surface area contributed by atoms with Crippen LogP contribution in [0.3, 0.4) is 0 Å². The number of amides is 2. The van der Waals surface area contributed by atoms with Crippen LogP contribution in [-0.2, 0) is 20.8 Å². The van der Waals surface area contributed by atoms with E-state index in [9.17, 15) is 9.59 Å². The Bertz CT molecular complexity index is 969. The van der Waals surface area contributed by atoms with E-state index in [2.05, 4.69) is 10.3 Å². The van der Waals surface area contributed by atoms with Crippen LogP contribution in [0.15, 0.2) is 64.9 Å². The van der Waals surface area contributed by atoms with Crippen molar-refractivity contribution in [2.45, 2.75) is 19.8 Å². The maximum atomic E-state index is 12.6. The van der Waals surface area contributed by atoms with Gasteiger partial charge in [0, 0.05) is 12.2 Å². The number of hydrogen-bond acceptors (Lipinski definition) is 5. The number of para-hydroxylation sites is 2. The fourth-order valence-electron chi connectivity index (χ4n) is 3.37. The molecule has 2 aliphatic rings. The maximum absolute atomic E-state index is 12.6. The lowest BCUT2D eigenvalue weighted by atomic mass is 10.0. The van der Waals surface area contributed by atoms with Crippen LogP contribution in [0.1, 0.15) is 18.9 Å². The Hall–Kier alpha value is -3.48. The fraction of sp³-hybridized carbons (Fsp3) is 0.238. The van der Waals surface area contributed by atoms with Gasteiger partial charge < -0.3 is 9.74 Å². The summed E-state index contributed by atoms with van der Waals surface area (Å²) < 4.78 is 0. The lowest BCUT2D eigenvalue weighted by molar-refractivity contribution is -0.123. The van der Waals surface area contributed by atoms with Crippen LogP contribution >= 0.6 is 0 Å². The molecule has 7 heteroatoms. The van der Waals surface area contributed by atoms with Gasteiger partial charge >= 0.3 is 5.91 Å². The molecule has 2 aliphatic heterocycles. The third-order valence-electron chi connectivity index (χ3n) is 4.74. The van der Waals surface area contributed by atoms with E-state index in [1.807, 2.05) is 42.5 Å². The average molecular weight is 376 g/mol. The molecule has 4 rings (SSSR count). The summed E-state index contributed by atoms with van der Waals surface area (Å²) in [4.78, 5) is 32.1. The van der Waals surface area contributed by atoms with Gasteiger partial charge in [0.05, 0.1) is 11.4 Å². The zero-order valence-corrected chi connectivity index (χ0v) is 15.5. The molecule has 28 heavy (non-hydrogen) atoms. The van der Waals surface area contributed by atoms with Crippen LogP contribution < -0.4 is 9.91 Å². The molecule has 0 aliphatic carbocycles. The molecular formula is C21H20N4O3. The molecule has 0 fully saturated rings. The predicted octanol–water partition coefficient (Wildman–Crippen LogP) is 2.76. The summed E-state index contributed by atoms with van der Waals surface area (Å²) in [6.07, 6.45) is 1.87. The summed E-state index contributed by atoms with van der Waals surface area (Å²) in [5.74, 6) is -0.559. The number of carbonyl (C=O) groups excluding carboxylic acids is 2. The highest BCUT2D eigenvalue weighted by Crippen LogP contribution is 2.26. The van der Waals surface area contributed by atoms with Gasteiger partial charge in [-0.1, -0.05) is 41.6 Å². The molecule has 0 bridgehead atoms. The second kappa shape index (κ2) is 7.64. The third-order valence-corrected chi connectivity index (χ3v) is 4.74. The van der Waals surface area contributed by atoms with E-state index >= 15 is 0 Å². The first-order chi connectivity index (χ1) is 13.6. The third kappa shape index (κ3) is 3.38. The van der Waals surface area contributed by atoms with Crippen molar-refractivity contribution in [3.05, 3.63) is 60.2 Å². The normalized spacial score (nSPS) is 17.5. The minimum absolute atomic E-state index is 0.107. The van der Waals surface area contributed by atoms with E-state index < -0.39 is 0 Å². The van der Waals surface area contributed by atoms with Crippen molar-refractivity contribution >= 4 is 34.6 Å². The van der Waals surface area contributed by atoms with E-state index in [4.69, 9.17) is 4.84 Å². The second-order valence-electron chi connectivity index (χ2n) is 6.63. The highest BCUT2D eigenvalue weighted by atomic mass is 16.6. The number of fused-ring (bicyclic) bond motifs is 1. The summed E-state index contributed by atoms with van der Waals surface area (Å²) in [6.45, 7) is 2.10. The van der Waals surface area contributed by atoms with Crippen molar-refractivity contribution in [2.24, 2.45) is 10.3 Å². The molecule has 0 N–H and O–H groups in total. The van der Waals surface area contributed by atoms with Gasteiger partial charge in [0.2, 0.25) is 0 Å². The molecule has 0 saturated heterocycles. The molecule has 2 amide bonds. The standard InChI is InChI=1S/C21H20N4O3/c1-15-20(21(27)25(22-15)17-10-3-2-4-11-17)23-28-14-19(26)24-13-7-9-16-8-5-6-12-18(16)24/h2-6,8,10-12H,7,9,13-14H2,1H3/b23-20-. The molecule has 0 unspecified atom stereocenters. The number of nitrogens with zero attached hydrogens (tertiary/aromatic N) is 4. The Morgan fingerprint density at radius 3 is 2.71 bits per heavy atom. The van der Waals surface area contributed by atoms with Crippen molar-refractivity contribution in [1.82, 2.24) is 0 Å². The molecule has 2 aromatic rings. The zero-order chi connectivity index (χ0) is 19.5. The van der Waals surface area contributed by atoms with Crippen LogP contribution in [0.4, 0.5) is 11.4 Å². The summed E-state index contributed by atoms with van der Waals surface area (Å²) in [6, 6.07) is 17.0. The van der Waals surface area contributed by atoms with Gasteiger partial charge in [-0.05, 0) is 43.5 Å². The summed E-state index contributed by atoms with van der Waals surface area (Å²) >= 11 is 0. The number of benzene rings is 2. The lowest BCUT2D eigenvalue weighted by Gasteiger charge is -2.28. The number of rotatable bonds is 4. The first-order valence-corrected chi connectivity index (χ1v) is 9.18. The lowest BCUT2D eigenvalue weighted by Crippen LogP contribution is -2.37. The minimum atomic E-state index is -0.375. The first kappa shape index (κ1) is 17.9. The summed E-state index contributed by atoms with van der Waals surface area (Å²) in [5.41, 5.74) is 3.28. The summed E-state index contributed by atoms with van der Waals surface area (Å²) in [7, 11) is 0. The zero-order valence-electron chi connectivity index (χ0n) is 15.5. The molecule has 7 nitrogen and oxygen atoms in total. The minimum Gasteiger partial charge on any atom is -0.385 e. The van der Waals surface area contributed by atoms with Gasteiger partial charge in [0.25, 0.3) is 5.91 Å². The van der Waals surface area contributed by atoms with Gasteiger partial charge in [0.1, 0.15) is 0 Å². The molecule has 2 aromatic carbocycles. The van der Waals surface area contributed by atoms with Crippen molar-refractivity contribution in [3.8, 4) is 0 Å². The second-order valence-corrected chi connectivity index (χ2v) is 6.63. The molecule has 0 spiro atoms. The Labute approximate surface area is 162 Å². The topological polar surface area (TPSA) is 74.6 Å². The van der Waals surface area contributed by atoms with E-state index in [0.717, 1.165) is 24.1 Å². The molecule has 0 atom stereocenters. The Morgan fingerprint density at radius 2 is 1.89 bits per heavy atom. The summed E-state index contributed by atoms with van der Waals surface area (Å²) in [5, 5.41) is 9.41. The molecule has 0 saturated carbocycles. The smallest absolute Gasteiger partial charge is 0.302 e. The van der Waals surface area contributed by atoms with Crippen molar-refractivity contribution in [2.75, 3.05) is 23.1 Å². The van der Waals surface area contributed by atoms with Gasteiger partial charge in [-0.25, -0.2) is 0 Å². The number of hydrogen-bond donors (Lipinski definition) is 0. The van der Waals surface area contributed by atoms with Crippen LogP contribution in [0, 0.1) is 0 Å². The van der Waals surface area contributed by atoms with Crippen LogP contribution in [-0.4, -0.2) is 36.4 Å². The Balaban J connectivity index is 1.42. The molecule has 142 valence electrons. The van der Waals surface area contributed by atoms with E-state index in [0.29, 0.717) is 17.9 Å². The quantitative estimate of drug-likeness (QED) is 0.770. The predicted molar refractivity (Wildman–Crippen MR) is 108 cm³/mol. The van der Waals surface area contributed by atoms with E-state index in [-0.39, 0.29) is 24.1 Å². The monoisotopic (exact) mass is 376 g/mol. The number of oxime groups is 1. The number of anilines is 2. The molecule has 0 aromatic heterocycles. The van der Waals surface area contributed by atoms with E-state index in [1.165, 1.54) is 5.01 Å². The average Bonchev–Trinajstić information content (AvgIpc) is 3.02. The van der Waals surface area contributed by atoms with Crippen molar-refractivity contribution in [3.63, 3.8) is 0 Å². The van der Waals surface area contributed by atoms with Crippen LogP contribution in [0.2, 0.25) is 0 Å². The van der Waals surface area contributed by atoms with Crippen molar-refractivity contribution in [1.29, 1.82) is 0 Å². The van der Waals surface area contributed by atoms with Gasteiger partial charge in [0.15, 0.2) is 12.3 Å². The molecular weight excluding hydrogens is 356 g/mol. The van der Waals surface area contributed by atoms with Gasteiger partial charge in [-0.3, -0.25) is 9.59 Å². The fourth-order valence-corrected chi connectivity index (χ4v) is 3.37. The number of aryl methyl sites for hydroxylation is 1. The Morgan fingerprint density at radius 1 is 1.14 bits per heavy atom. The van der Waals surface area contributed by atoms with Gasteiger partial charge in [-0.2, -0.15) is 10.1 Å². The van der Waals surface area contributed by atoms with Crippen LogP contribution in [0.5, 0.6) is 0 Å². The first-order valence-electron chi connectivity index (χ1n) is 9.18.